The van der Waals surface area contributed by atoms with E-state index in [9.17, 15) is 35.9 Å². The molecular weight excluding hydrogens is 1080 g/mol. The number of anilines is 6. The number of aliphatic hydroxyl groups excluding tert-OH is 1. The Balaban J connectivity index is 0.000000131. The van der Waals surface area contributed by atoms with E-state index in [-0.39, 0.29) is 30.4 Å². The number of aromatic nitrogens is 9. The number of rotatable bonds is 8. The Morgan fingerprint density at radius 1 is 0.597 bits per heavy atom. The van der Waals surface area contributed by atoms with E-state index in [4.69, 9.17) is 20.9 Å². The number of aliphatic hydroxyl groups is 1. The van der Waals surface area contributed by atoms with Crippen molar-refractivity contribution in [3.05, 3.63) is 57.2 Å². The molecule has 7 N–H and O–H groups in total. The Bertz CT molecular complexity index is 2820. The molecule has 6 aromatic rings. The van der Waals surface area contributed by atoms with Gasteiger partial charge in [-0.3, -0.25) is 9.59 Å². The summed E-state index contributed by atoms with van der Waals surface area (Å²) < 4.78 is 79.4. The van der Waals surface area contributed by atoms with E-state index in [1.807, 2.05) is 4.90 Å². The predicted octanol–water partition coefficient (Wildman–Crippen LogP) is 4.47. The fourth-order valence-corrected chi connectivity index (χ4v) is 10.7. The molecule has 0 spiro atoms. The molecular formula is C41H43BBrF6N15O5S3. The van der Waals surface area contributed by atoms with Gasteiger partial charge in [-0.15, -0.1) is 34.0 Å². The number of nitrogen functional groups attached to an aromatic ring is 1. The first-order chi connectivity index (χ1) is 34.2. The number of amides is 2. The summed E-state index contributed by atoms with van der Waals surface area (Å²) in [5, 5.41) is 36.6. The number of carbonyl (C=O) groups excluding carboxylic acids is 2. The highest BCUT2D eigenvalue weighted by Gasteiger charge is 2.73. The van der Waals surface area contributed by atoms with Gasteiger partial charge in [-0.2, -0.15) is 0 Å². The molecule has 72 heavy (non-hydrogen) atoms. The minimum atomic E-state index is -2.52. The molecule has 6 atom stereocenters. The van der Waals surface area contributed by atoms with Crippen molar-refractivity contribution >= 4 is 110 Å². The SMILES string of the molecule is CC(=O)Nc1csc(-c2cnc(N3CC4C(C3)C4(F)F)nc2)n1.CC(=O)Nc1csc(Br)n1.CO.Nc1csc(-c2cnc(N3CC4C(C3)C4(F)F)nc2)n1.OB(O)c1cnc(N2CC3C(C2)C3(F)F)nc1. The van der Waals surface area contributed by atoms with Crippen molar-refractivity contribution in [2.45, 2.75) is 31.6 Å². The van der Waals surface area contributed by atoms with Crippen molar-refractivity contribution in [2.75, 3.05) is 77.4 Å². The molecule has 382 valence electrons. The second-order valence-electron chi connectivity index (χ2n) is 17.1. The van der Waals surface area contributed by atoms with Crippen LogP contribution in [0.1, 0.15) is 13.8 Å². The summed E-state index contributed by atoms with van der Waals surface area (Å²) in [6, 6.07) is 0. The Morgan fingerprint density at radius 3 is 1.25 bits per heavy atom. The van der Waals surface area contributed by atoms with Crippen LogP contribution in [-0.4, -0.2) is 143 Å². The van der Waals surface area contributed by atoms with Crippen LogP contribution >= 0.6 is 49.9 Å². The first kappa shape index (κ1) is 52.6. The van der Waals surface area contributed by atoms with E-state index >= 15 is 0 Å². The van der Waals surface area contributed by atoms with Crippen LogP contribution in [0.4, 0.5) is 61.6 Å². The minimum Gasteiger partial charge on any atom is -0.423 e. The van der Waals surface area contributed by atoms with Crippen molar-refractivity contribution in [2.24, 2.45) is 35.5 Å². The molecule has 6 aromatic heterocycles. The third-order valence-corrected chi connectivity index (χ3v) is 15.5. The first-order valence-corrected chi connectivity index (χ1v) is 25.1. The molecule has 6 aliphatic rings. The number of fused-ring (bicyclic) bond motifs is 3. The average molecular weight is 1130 g/mol. The number of alkyl halides is 6. The van der Waals surface area contributed by atoms with Crippen LogP contribution < -0.4 is 36.5 Å². The molecule has 12 rings (SSSR count). The van der Waals surface area contributed by atoms with Crippen LogP contribution in [0, 0.1) is 35.5 Å². The molecule has 0 aromatic carbocycles. The second kappa shape index (κ2) is 21.0. The Morgan fingerprint density at radius 2 is 0.931 bits per heavy atom. The van der Waals surface area contributed by atoms with Crippen LogP contribution in [-0.2, 0) is 9.59 Å². The number of piperidine rings is 3. The third kappa shape index (κ3) is 11.5. The monoisotopic (exact) mass is 1130 g/mol. The van der Waals surface area contributed by atoms with Crippen molar-refractivity contribution in [3.63, 3.8) is 0 Å². The largest absolute Gasteiger partial charge is 0.491 e. The number of nitrogens with one attached hydrogen (secondary N) is 2. The molecule has 3 aliphatic heterocycles. The van der Waals surface area contributed by atoms with Gasteiger partial charge in [0.2, 0.25) is 29.7 Å². The second-order valence-corrected chi connectivity index (χ2v) is 20.9. The van der Waals surface area contributed by atoms with Crippen molar-refractivity contribution in [1.29, 1.82) is 0 Å². The zero-order valence-corrected chi connectivity index (χ0v) is 42.0. The van der Waals surface area contributed by atoms with Crippen LogP contribution in [0.15, 0.2) is 57.2 Å². The highest BCUT2D eigenvalue weighted by atomic mass is 79.9. The lowest BCUT2D eigenvalue weighted by Crippen LogP contribution is -2.33. The van der Waals surface area contributed by atoms with Gasteiger partial charge in [0.05, 0.1) is 35.5 Å². The van der Waals surface area contributed by atoms with E-state index in [0.29, 0.717) is 66.5 Å². The molecule has 0 radical (unpaired) electrons. The molecule has 9 heterocycles. The summed E-state index contributed by atoms with van der Waals surface area (Å²) >= 11 is 7.41. The fraction of sp³-hybridized carbons (Fsp3) is 0.439. The topological polar surface area (TPSA) is 271 Å². The summed E-state index contributed by atoms with van der Waals surface area (Å²) in [5.74, 6) is -8.19. The number of hydrogen-bond acceptors (Lipinski definition) is 21. The van der Waals surface area contributed by atoms with E-state index in [1.54, 1.807) is 50.7 Å². The van der Waals surface area contributed by atoms with Gasteiger partial charge in [0.25, 0.3) is 17.8 Å². The first-order valence-electron chi connectivity index (χ1n) is 21.7. The van der Waals surface area contributed by atoms with Gasteiger partial charge in [-0.1, -0.05) is 0 Å². The van der Waals surface area contributed by atoms with Crippen molar-refractivity contribution in [1.82, 2.24) is 44.9 Å². The summed E-state index contributed by atoms with van der Waals surface area (Å²) in [6.07, 6.45) is 9.14. The van der Waals surface area contributed by atoms with E-state index < -0.39 is 60.4 Å². The summed E-state index contributed by atoms with van der Waals surface area (Å²) in [7, 11) is -0.611. The van der Waals surface area contributed by atoms with Crippen molar-refractivity contribution in [3.8, 4) is 21.1 Å². The number of nitrogens with zero attached hydrogens (tertiary/aromatic N) is 12. The van der Waals surface area contributed by atoms with Gasteiger partial charge in [0.15, 0.2) is 3.92 Å². The predicted molar refractivity (Wildman–Crippen MR) is 262 cm³/mol. The van der Waals surface area contributed by atoms with Crippen LogP contribution in [0.3, 0.4) is 0 Å². The fourth-order valence-electron chi connectivity index (χ4n) is 8.38. The number of carbonyl (C=O) groups is 2. The summed E-state index contributed by atoms with van der Waals surface area (Å²) in [5.41, 5.74) is 7.26. The number of halogens is 7. The Hall–Kier alpha value is -5.73. The Labute approximate surface area is 426 Å². The molecule has 2 amide bonds. The van der Waals surface area contributed by atoms with Gasteiger partial charge >= 0.3 is 7.12 Å². The maximum absolute atomic E-state index is 13.2. The lowest BCUT2D eigenvalue weighted by atomic mass is 9.83. The molecule has 3 saturated heterocycles. The van der Waals surface area contributed by atoms with Gasteiger partial charge < -0.3 is 46.2 Å². The quantitative estimate of drug-likeness (QED) is 0.0906. The number of nitrogens with two attached hydrogens (primary N) is 1. The highest BCUT2D eigenvalue weighted by molar-refractivity contribution is 9.11. The smallest absolute Gasteiger partial charge is 0.423 e. The standard InChI is InChI=1S/C14H13F2N5OS.C12H11F2N5S.C9H10BF2N3O2.C5H5BrN2OS.CH4O/c1-7(22)19-11-6-23-12(20-11)8-2-17-13(18-3-8)21-4-9-10(5-21)14(9,15)16;13-12(14)7-3-19(4-8(7)12)11-16-1-6(2-17-11)10-18-9(15)5-20-10;11-9(12)6-3-15(4-7(6)9)8-13-1-5(2-14-8)10(16)17;1-3(9)7-4-2-10-5(6)8-4;1-2/h2-3,6,9-10H,4-5H2,1H3,(H,19,22);1-2,5,7-8H,3-4,15H2;1-2,6-7,16-17H,3-4H2;2H,1H3,(H,7,9);2H,1H3. The molecule has 3 saturated carbocycles. The molecule has 6 unspecified atom stereocenters. The van der Waals surface area contributed by atoms with E-state index in [1.165, 1.54) is 60.3 Å². The minimum absolute atomic E-state index is 0.0993. The third-order valence-electron chi connectivity index (χ3n) is 12.3. The van der Waals surface area contributed by atoms with Gasteiger partial charge in [-0.25, -0.2) is 71.2 Å². The average Bonchev–Trinajstić information content (AvgIpc) is 3.99. The molecule has 6 fully saturated rings. The molecule has 31 heteroatoms. The van der Waals surface area contributed by atoms with Gasteiger partial charge in [0.1, 0.15) is 27.5 Å². The zero-order chi connectivity index (χ0) is 51.9. The maximum Gasteiger partial charge on any atom is 0.491 e. The van der Waals surface area contributed by atoms with Crippen LogP contribution in [0.25, 0.3) is 21.1 Å². The van der Waals surface area contributed by atoms with Crippen LogP contribution in [0.2, 0.25) is 0 Å². The Kier molecular flexibility index (Phi) is 15.4. The lowest BCUT2D eigenvalue weighted by molar-refractivity contribution is -0.115. The van der Waals surface area contributed by atoms with E-state index in [0.717, 1.165) is 27.2 Å². The molecule has 20 nitrogen and oxygen atoms in total. The summed E-state index contributed by atoms with van der Waals surface area (Å²) in [6.45, 7) is 4.68. The molecule has 3 aliphatic carbocycles. The van der Waals surface area contributed by atoms with Crippen molar-refractivity contribution < 1.29 is 51.1 Å². The van der Waals surface area contributed by atoms with Gasteiger partial charge in [-0.05, 0) is 15.9 Å². The molecule has 0 bridgehead atoms. The highest BCUT2D eigenvalue weighted by Crippen LogP contribution is 2.61. The van der Waals surface area contributed by atoms with Crippen LogP contribution in [0.5, 0.6) is 0 Å². The number of hydrogen-bond donors (Lipinski definition) is 6. The van der Waals surface area contributed by atoms with Gasteiger partial charge in [0, 0.05) is 130 Å². The summed E-state index contributed by atoms with van der Waals surface area (Å²) in [4.78, 5) is 64.0. The van der Waals surface area contributed by atoms with E-state index in [2.05, 4.69) is 71.4 Å². The lowest BCUT2D eigenvalue weighted by Gasteiger charge is -2.19. The maximum atomic E-state index is 13.2. The zero-order valence-electron chi connectivity index (χ0n) is 38.0. The number of thiazole rings is 3. The normalized spacial score (nSPS) is 23.4.